The van der Waals surface area contributed by atoms with Gasteiger partial charge in [-0.15, -0.1) is 0 Å². The maximum atomic E-state index is 12.3. The molecule has 0 unspecified atom stereocenters. The fourth-order valence-corrected chi connectivity index (χ4v) is 2.70. The molecule has 0 fully saturated rings. The van der Waals surface area contributed by atoms with Gasteiger partial charge in [0.2, 0.25) is 5.91 Å². The molecule has 0 aliphatic rings. The van der Waals surface area contributed by atoms with Gasteiger partial charge >= 0.3 is 0 Å². The highest BCUT2D eigenvalue weighted by atomic mass is 16.5. The molecule has 0 saturated heterocycles. The summed E-state index contributed by atoms with van der Waals surface area (Å²) in [5, 5.41) is 3.02. The van der Waals surface area contributed by atoms with E-state index in [-0.39, 0.29) is 5.91 Å². The minimum Gasteiger partial charge on any atom is -0.493 e. The number of rotatable bonds is 7. The number of anilines is 1. The number of hydrogen-bond donors (Lipinski definition) is 1. The molecule has 2 aromatic rings. The molecule has 1 N–H and O–H groups in total. The van der Waals surface area contributed by atoms with E-state index in [1.807, 2.05) is 36.4 Å². The van der Waals surface area contributed by atoms with E-state index in [1.54, 1.807) is 20.3 Å². The van der Waals surface area contributed by atoms with Crippen LogP contribution < -0.4 is 14.8 Å². The zero-order valence-corrected chi connectivity index (χ0v) is 15.3. The third-order valence-electron chi connectivity index (χ3n) is 4.08. The van der Waals surface area contributed by atoms with Gasteiger partial charge in [0.15, 0.2) is 11.5 Å². The zero-order chi connectivity index (χ0) is 18.2. The van der Waals surface area contributed by atoms with Gasteiger partial charge in [-0.1, -0.05) is 38.1 Å². The monoisotopic (exact) mass is 339 g/mol. The van der Waals surface area contributed by atoms with Crippen LogP contribution in [0.2, 0.25) is 0 Å². The average Bonchev–Trinajstić information content (AvgIpc) is 2.66. The molecule has 0 atom stereocenters. The van der Waals surface area contributed by atoms with Gasteiger partial charge < -0.3 is 14.8 Å². The Kier molecular flexibility index (Phi) is 6.63. The molecule has 0 aliphatic heterocycles. The third-order valence-corrected chi connectivity index (χ3v) is 4.08. The fourth-order valence-electron chi connectivity index (χ4n) is 2.70. The second kappa shape index (κ2) is 8.92. The highest BCUT2D eigenvalue weighted by molar-refractivity contribution is 6.02. The van der Waals surface area contributed by atoms with Crippen LogP contribution in [-0.2, 0) is 17.6 Å². The summed E-state index contributed by atoms with van der Waals surface area (Å²) in [5.41, 5.74) is 4.08. The molecule has 2 rings (SSSR count). The van der Waals surface area contributed by atoms with Crippen LogP contribution in [0, 0.1) is 0 Å². The molecule has 0 aromatic heterocycles. The molecule has 0 bridgehead atoms. The Morgan fingerprint density at radius 2 is 1.64 bits per heavy atom. The summed E-state index contributed by atoms with van der Waals surface area (Å²) >= 11 is 0. The molecule has 0 heterocycles. The maximum Gasteiger partial charge on any atom is 0.248 e. The Bertz CT molecular complexity index is 743. The summed E-state index contributed by atoms with van der Waals surface area (Å²) in [4.78, 5) is 12.3. The summed E-state index contributed by atoms with van der Waals surface area (Å²) in [6, 6.07) is 11.7. The van der Waals surface area contributed by atoms with Crippen molar-refractivity contribution < 1.29 is 14.3 Å². The number of carbonyl (C=O) groups is 1. The molecule has 0 saturated carbocycles. The standard InChI is InChI=1S/C21H25NO3/c1-5-16-8-7-9-17(6-2)21(16)22-20(23)13-11-15-10-12-18(24-3)19(14-15)25-4/h7-14H,5-6H2,1-4H3,(H,22,23)/b13-11+. The molecule has 132 valence electrons. The smallest absolute Gasteiger partial charge is 0.248 e. The number of amides is 1. The molecule has 0 aliphatic carbocycles. The summed E-state index contributed by atoms with van der Waals surface area (Å²) in [6.07, 6.45) is 5.05. The highest BCUT2D eigenvalue weighted by Crippen LogP contribution is 2.28. The summed E-state index contributed by atoms with van der Waals surface area (Å²) < 4.78 is 10.5. The van der Waals surface area contributed by atoms with Crippen LogP contribution in [0.5, 0.6) is 11.5 Å². The predicted molar refractivity (Wildman–Crippen MR) is 102 cm³/mol. The molecule has 2 aromatic carbocycles. The van der Waals surface area contributed by atoms with Gasteiger partial charge in [0, 0.05) is 11.8 Å². The van der Waals surface area contributed by atoms with Crippen molar-refractivity contribution in [1.82, 2.24) is 0 Å². The van der Waals surface area contributed by atoms with E-state index < -0.39 is 0 Å². The molecule has 0 radical (unpaired) electrons. The minimum absolute atomic E-state index is 0.148. The van der Waals surface area contributed by atoms with Crippen molar-refractivity contribution >= 4 is 17.7 Å². The van der Waals surface area contributed by atoms with Gasteiger partial charge in [-0.2, -0.15) is 0 Å². The first-order chi connectivity index (χ1) is 12.1. The second-order valence-corrected chi connectivity index (χ2v) is 5.60. The molecule has 4 heteroatoms. The van der Waals surface area contributed by atoms with E-state index >= 15 is 0 Å². The van der Waals surface area contributed by atoms with Gasteiger partial charge in [0.1, 0.15) is 0 Å². The van der Waals surface area contributed by atoms with Gasteiger partial charge in [-0.25, -0.2) is 0 Å². The first-order valence-corrected chi connectivity index (χ1v) is 8.44. The van der Waals surface area contributed by atoms with E-state index in [0.29, 0.717) is 11.5 Å². The first kappa shape index (κ1) is 18.6. The lowest BCUT2D eigenvalue weighted by Crippen LogP contribution is -2.11. The number of benzene rings is 2. The Balaban J connectivity index is 2.17. The van der Waals surface area contributed by atoms with Gasteiger partial charge in [0.05, 0.1) is 14.2 Å². The molecular weight excluding hydrogens is 314 g/mol. The van der Waals surface area contributed by atoms with Crippen LogP contribution in [0.25, 0.3) is 6.08 Å². The molecule has 4 nitrogen and oxygen atoms in total. The quantitative estimate of drug-likeness (QED) is 0.757. The van der Waals surface area contributed by atoms with Crippen LogP contribution >= 0.6 is 0 Å². The topological polar surface area (TPSA) is 47.6 Å². The molecular formula is C21H25NO3. The zero-order valence-electron chi connectivity index (χ0n) is 15.3. The Morgan fingerprint density at radius 1 is 1.00 bits per heavy atom. The Hall–Kier alpha value is -2.75. The normalized spacial score (nSPS) is 10.7. The van der Waals surface area contributed by atoms with E-state index in [4.69, 9.17) is 9.47 Å². The molecule has 0 spiro atoms. The Morgan fingerprint density at radius 3 is 2.20 bits per heavy atom. The number of para-hydroxylation sites is 1. The lowest BCUT2D eigenvalue weighted by molar-refractivity contribution is -0.111. The van der Waals surface area contributed by atoms with Crippen LogP contribution in [0.1, 0.15) is 30.5 Å². The number of methoxy groups -OCH3 is 2. The average molecular weight is 339 g/mol. The number of hydrogen-bond acceptors (Lipinski definition) is 3. The number of aryl methyl sites for hydroxylation is 2. The van der Waals surface area contributed by atoms with Crippen LogP contribution in [0.15, 0.2) is 42.5 Å². The van der Waals surface area contributed by atoms with E-state index in [9.17, 15) is 4.79 Å². The number of nitrogens with one attached hydrogen (secondary N) is 1. The number of ether oxygens (including phenoxy) is 2. The van der Waals surface area contributed by atoms with Crippen molar-refractivity contribution in [3.8, 4) is 11.5 Å². The summed E-state index contributed by atoms with van der Waals surface area (Å²) in [5.74, 6) is 1.15. The minimum atomic E-state index is -0.148. The summed E-state index contributed by atoms with van der Waals surface area (Å²) in [6.45, 7) is 4.17. The van der Waals surface area contributed by atoms with Crippen molar-refractivity contribution in [3.05, 3.63) is 59.2 Å². The number of carbonyl (C=O) groups excluding carboxylic acids is 1. The third kappa shape index (κ3) is 4.63. The van der Waals surface area contributed by atoms with E-state index in [0.717, 1.165) is 35.2 Å². The fraction of sp³-hybridized carbons (Fsp3) is 0.286. The van der Waals surface area contributed by atoms with Crippen LogP contribution in [0.3, 0.4) is 0 Å². The van der Waals surface area contributed by atoms with Gasteiger partial charge in [-0.3, -0.25) is 4.79 Å². The van der Waals surface area contributed by atoms with Crippen molar-refractivity contribution in [2.24, 2.45) is 0 Å². The first-order valence-electron chi connectivity index (χ1n) is 8.44. The second-order valence-electron chi connectivity index (χ2n) is 5.60. The highest BCUT2D eigenvalue weighted by Gasteiger charge is 2.08. The van der Waals surface area contributed by atoms with Crippen molar-refractivity contribution in [1.29, 1.82) is 0 Å². The lowest BCUT2D eigenvalue weighted by Gasteiger charge is -2.13. The maximum absolute atomic E-state index is 12.3. The Labute approximate surface area is 149 Å². The van der Waals surface area contributed by atoms with Crippen molar-refractivity contribution in [3.63, 3.8) is 0 Å². The lowest BCUT2D eigenvalue weighted by atomic mass is 10.0. The van der Waals surface area contributed by atoms with Crippen molar-refractivity contribution in [2.45, 2.75) is 26.7 Å². The van der Waals surface area contributed by atoms with E-state index in [1.165, 1.54) is 6.08 Å². The SMILES string of the molecule is CCc1cccc(CC)c1NC(=O)/C=C/c1ccc(OC)c(OC)c1. The van der Waals surface area contributed by atoms with Gasteiger partial charge in [-0.05, 0) is 47.7 Å². The van der Waals surface area contributed by atoms with Crippen molar-refractivity contribution in [2.75, 3.05) is 19.5 Å². The van der Waals surface area contributed by atoms with Crippen LogP contribution in [0.4, 0.5) is 5.69 Å². The van der Waals surface area contributed by atoms with Crippen LogP contribution in [-0.4, -0.2) is 20.1 Å². The predicted octanol–water partition coefficient (Wildman–Crippen LogP) is 4.48. The molecule has 1 amide bonds. The van der Waals surface area contributed by atoms with E-state index in [2.05, 4.69) is 19.2 Å². The summed E-state index contributed by atoms with van der Waals surface area (Å²) in [7, 11) is 3.18. The largest absolute Gasteiger partial charge is 0.493 e. The van der Waals surface area contributed by atoms with Gasteiger partial charge in [0.25, 0.3) is 0 Å². The molecule has 25 heavy (non-hydrogen) atoms.